The maximum atomic E-state index is 13.7. The minimum Gasteiger partial charge on any atom is -0.484 e. The lowest BCUT2D eigenvalue weighted by Gasteiger charge is -2.25. The highest BCUT2D eigenvalue weighted by Crippen LogP contribution is 2.60. The zero-order chi connectivity index (χ0) is 25.6. The molecule has 4 atom stereocenters. The van der Waals surface area contributed by atoms with Gasteiger partial charge in [0.25, 0.3) is 17.8 Å². The van der Waals surface area contributed by atoms with Gasteiger partial charge in [-0.25, -0.2) is 26.0 Å². The third-order valence-corrected chi connectivity index (χ3v) is 8.18. The first-order valence-electron chi connectivity index (χ1n) is 11.0. The molecule has 3 aliphatic rings. The van der Waals surface area contributed by atoms with Crippen molar-refractivity contribution in [3.63, 3.8) is 0 Å². The van der Waals surface area contributed by atoms with Crippen molar-refractivity contribution in [2.75, 3.05) is 19.3 Å². The molecule has 2 heterocycles. The van der Waals surface area contributed by atoms with E-state index in [1.165, 1.54) is 17.0 Å². The van der Waals surface area contributed by atoms with E-state index in [0.717, 1.165) is 19.2 Å². The van der Waals surface area contributed by atoms with Crippen LogP contribution in [0, 0.1) is 5.92 Å². The smallest absolute Gasteiger partial charge is 0.281 e. The standard InChI is InChI=1S/C22H23F4N3O5S/c1-11(20(2,23)24)33-16-5-4-13(35(3,31)32)6-14(16)18(30)29-9-12-7-21(12,10-29)19-27-17(34-28-19)15-8-22(15,25)26/h4-6,11-12,15H,7-10H2,1-3H3. The summed E-state index contributed by atoms with van der Waals surface area (Å²) in [5, 5.41) is 3.89. The number of alkyl halides is 4. The van der Waals surface area contributed by atoms with Gasteiger partial charge in [0.2, 0.25) is 5.89 Å². The SMILES string of the molecule is CC(Oc1ccc(S(C)(=O)=O)cc1C(=O)N1CC2CC2(c2noc(C3CC3(F)F)n2)C1)C(C)(F)F. The maximum Gasteiger partial charge on any atom is 0.281 e. The van der Waals surface area contributed by atoms with E-state index in [0.29, 0.717) is 13.3 Å². The molecule has 3 fully saturated rings. The van der Waals surface area contributed by atoms with Crippen LogP contribution >= 0.6 is 0 Å². The van der Waals surface area contributed by atoms with Crippen LogP contribution in [0.5, 0.6) is 5.75 Å². The predicted octanol–water partition coefficient (Wildman–Crippen LogP) is 3.43. The van der Waals surface area contributed by atoms with Gasteiger partial charge < -0.3 is 14.2 Å². The van der Waals surface area contributed by atoms with E-state index in [1.807, 2.05) is 0 Å². The molecule has 0 spiro atoms. The number of amides is 1. The largest absolute Gasteiger partial charge is 0.484 e. The van der Waals surface area contributed by atoms with Gasteiger partial charge >= 0.3 is 0 Å². The fraction of sp³-hybridized carbons (Fsp3) is 0.591. The molecule has 190 valence electrons. The zero-order valence-electron chi connectivity index (χ0n) is 19.1. The Morgan fingerprint density at radius 2 is 2.00 bits per heavy atom. The minimum absolute atomic E-state index is 0.0297. The van der Waals surface area contributed by atoms with Crippen molar-refractivity contribution in [1.82, 2.24) is 15.0 Å². The number of benzene rings is 1. The number of carbonyl (C=O) groups excluding carboxylic acids is 1. The molecule has 1 aliphatic heterocycles. The highest BCUT2D eigenvalue weighted by atomic mass is 32.2. The van der Waals surface area contributed by atoms with Crippen molar-refractivity contribution in [3.05, 3.63) is 35.5 Å². The van der Waals surface area contributed by atoms with E-state index in [9.17, 15) is 30.8 Å². The summed E-state index contributed by atoms with van der Waals surface area (Å²) in [5.41, 5.74) is -0.798. The number of aromatic nitrogens is 2. The minimum atomic E-state index is -3.69. The molecule has 2 aliphatic carbocycles. The first-order chi connectivity index (χ1) is 16.1. The van der Waals surface area contributed by atoms with Crippen molar-refractivity contribution in [2.24, 2.45) is 5.92 Å². The third kappa shape index (κ3) is 4.17. The topological polar surface area (TPSA) is 103 Å². The van der Waals surface area contributed by atoms with Crippen molar-refractivity contribution >= 4 is 15.7 Å². The summed E-state index contributed by atoms with van der Waals surface area (Å²) in [7, 11) is -3.69. The van der Waals surface area contributed by atoms with E-state index in [2.05, 4.69) is 10.1 Å². The molecule has 1 saturated heterocycles. The van der Waals surface area contributed by atoms with Crippen molar-refractivity contribution < 1.29 is 40.0 Å². The van der Waals surface area contributed by atoms with Crippen LogP contribution in [-0.2, 0) is 15.3 Å². The van der Waals surface area contributed by atoms with E-state index in [4.69, 9.17) is 9.26 Å². The lowest BCUT2D eigenvalue weighted by molar-refractivity contribution is -0.0720. The molecule has 13 heteroatoms. The number of hydrogen-bond donors (Lipinski definition) is 0. The molecule has 1 amide bonds. The number of hydrogen-bond acceptors (Lipinski definition) is 7. The molecule has 35 heavy (non-hydrogen) atoms. The number of fused-ring (bicyclic) bond motifs is 1. The second kappa shape index (κ2) is 7.40. The molecule has 1 aromatic carbocycles. The second-order valence-electron chi connectivity index (χ2n) is 9.86. The van der Waals surface area contributed by atoms with Crippen LogP contribution in [0.4, 0.5) is 17.6 Å². The summed E-state index contributed by atoms with van der Waals surface area (Å²) in [6, 6.07) is 3.50. The van der Waals surface area contributed by atoms with Gasteiger partial charge in [-0.2, -0.15) is 4.98 Å². The van der Waals surface area contributed by atoms with Crippen LogP contribution < -0.4 is 4.74 Å². The number of ether oxygens (including phenoxy) is 1. The Bertz CT molecular complexity index is 1310. The summed E-state index contributed by atoms with van der Waals surface area (Å²) in [6.07, 6.45) is -0.306. The zero-order valence-corrected chi connectivity index (χ0v) is 19.9. The second-order valence-corrected chi connectivity index (χ2v) is 11.9. The molecule has 4 unspecified atom stereocenters. The number of sulfone groups is 1. The summed E-state index contributed by atoms with van der Waals surface area (Å²) in [4.78, 5) is 18.9. The van der Waals surface area contributed by atoms with E-state index >= 15 is 0 Å². The van der Waals surface area contributed by atoms with Crippen LogP contribution in [0.15, 0.2) is 27.6 Å². The number of likely N-dealkylation sites (tertiary alicyclic amines) is 1. The predicted molar refractivity (Wildman–Crippen MR) is 113 cm³/mol. The summed E-state index contributed by atoms with van der Waals surface area (Å²) < 4.78 is 88.7. The summed E-state index contributed by atoms with van der Waals surface area (Å²) in [5.74, 6) is -7.80. The van der Waals surface area contributed by atoms with Crippen LogP contribution in [-0.4, -0.2) is 66.7 Å². The highest BCUT2D eigenvalue weighted by molar-refractivity contribution is 7.90. The van der Waals surface area contributed by atoms with E-state index < -0.39 is 45.0 Å². The molecular formula is C22H23F4N3O5S. The third-order valence-electron chi connectivity index (χ3n) is 7.07. The average Bonchev–Trinajstić information content (AvgIpc) is 3.43. The highest BCUT2D eigenvalue weighted by Gasteiger charge is 2.66. The summed E-state index contributed by atoms with van der Waals surface area (Å²) in [6.45, 7) is 2.26. The van der Waals surface area contributed by atoms with E-state index in [1.54, 1.807) is 0 Å². The molecule has 5 rings (SSSR count). The molecule has 0 bridgehead atoms. The normalized spacial score (nSPS) is 27.9. The number of rotatable bonds is 7. The fourth-order valence-corrected chi connectivity index (χ4v) is 5.17. The van der Waals surface area contributed by atoms with Gasteiger partial charge in [-0.3, -0.25) is 4.79 Å². The Morgan fingerprint density at radius 3 is 2.60 bits per heavy atom. The molecule has 2 saturated carbocycles. The fourth-order valence-electron chi connectivity index (χ4n) is 4.52. The van der Waals surface area contributed by atoms with Crippen LogP contribution in [0.1, 0.15) is 54.7 Å². The molecule has 2 aromatic rings. The van der Waals surface area contributed by atoms with Crippen LogP contribution in [0.2, 0.25) is 0 Å². The number of halogens is 4. The van der Waals surface area contributed by atoms with Crippen LogP contribution in [0.3, 0.4) is 0 Å². The van der Waals surface area contributed by atoms with Gasteiger partial charge in [-0.15, -0.1) is 0 Å². The Kier molecular flexibility index (Phi) is 5.08. The van der Waals surface area contributed by atoms with Crippen molar-refractivity contribution in [2.45, 2.75) is 60.9 Å². The van der Waals surface area contributed by atoms with Gasteiger partial charge in [0, 0.05) is 32.7 Å². The first-order valence-corrected chi connectivity index (χ1v) is 12.9. The maximum absolute atomic E-state index is 13.7. The Morgan fingerprint density at radius 1 is 1.31 bits per heavy atom. The lowest BCUT2D eigenvalue weighted by atomic mass is 10.1. The number of carbonyl (C=O) groups is 1. The van der Waals surface area contributed by atoms with E-state index in [-0.39, 0.29) is 53.4 Å². The van der Waals surface area contributed by atoms with Gasteiger partial charge in [0.15, 0.2) is 21.8 Å². The molecule has 8 nitrogen and oxygen atoms in total. The molecule has 0 radical (unpaired) electrons. The molecule has 0 N–H and O–H groups in total. The quantitative estimate of drug-likeness (QED) is 0.519. The Labute approximate surface area is 198 Å². The first kappa shape index (κ1) is 24.0. The number of nitrogens with zero attached hydrogens (tertiary/aromatic N) is 3. The molecular weight excluding hydrogens is 494 g/mol. The lowest BCUT2D eigenvalue weighted by Crippen LogP contribution is -2.35. The van der Waals surface area contributed by atoms with Crippen molar-refractivity contribution in [1.29, 1.82) is 0 Å². The van der Waals surface area contributed by atoms with Crippen LogP contribution in [0.25, 0.3) is 0 Å². The van der Waals surface area contributed by atoms with Gasteiger partial charge in [0.05, 0.1) is 15.9 Å². The number of piperidine rings is 1. The van der Waals surface area contributed by atoms with Crippen molar-refractivity contribution in [3.8, 4) is 5.75 Å². The molecule has 1 aromatic heterocycles. The van der Waals surface area contributed by atoms with Gasteiger partial charge in [0.1, 0.15) is 11.7 Å². The monoisotopic (exact) mass is 517 g/mol. The van der Waals surface area contributed by atoms with Gasteiger partial charge in [-0.1, -0.05) is 5.16 Å². The summed E-state index contributed by atoms with van der Waals surface area (Å²) >= 11 is 0. The Hall–Kier alpha value is -2.70. The average molecular weight is 518 g/mol. The Balaban J connectivity index is 1.40. The van der Waals surface area contributed by atoms with Gasteiger partial charge in [-0.05, 0) is 37.5 Å².